The van der Waals surface area contributed by atoms with Crippen LogP contribution in [0.3, 0.4) is 0 Å². The third kappa shape index (κ3) is 4.11. The molecule has 0 aromatic heterocycles. The highest BCUT2D eigenvalue weighted by atomic mass is 16.5. The van der Waals surface area contributed by atoms with E-state index in [-0.39, 0.29) is 11.6 Å². The van der Waals surface area contributed by atoms with Crippen molar-refractivity contribution in [3.05, 3.63) is 24.3 Å². The van der Waals surface area contributed by atoms with Crippen molar-refractivity contribution < 1.29 is 14.3 Å². The second-order valence-electron chi connectivity index (χ2n) is 6.22. The Balaban J connectivity index is 1.48. The van der Waals surface area contributed by atoms with Crippen LogP contribution in [-0.4, -0.2) is 31.4 Å². The molecule has 114 valence electrons. The minimum atomic E-state index is -0.266. The Bertz CT molecular complexity index is 491. The van der Waals surface area contributed by atoms with Gasteiger partial charge in [-0.1, -0.05) is 0 Å². The molecule has 5 nitrogen and oxygen atoms in total. The average molecular weight is 290 g/mol. The lowest BCUT2D eigenvalue weighted by molar-refractivity contribution is 0.172. The normalized spacial score (nSPS) is 24.6. The summed E-state index contributed by atoms with van der Waals surface area (Å²) in [6.45, 7) is 4.05. The molecule has 1 aromatic rings. The van der Waals surface area contributed by atoms with Crippen molar-refractivity contribution in [3.8, 4) is 5.75 Å². The maximum atomic E-state index is 12.0. The van der Waals surface area contributed by atoms with Crippen molar-refractivity contribution in [1.29, 1.82) is 0 Å². The first-order chi connectivity index (χ1) is 10.1. The first kappa shape index (κ1) is 14.2. The number of ether oxygens (including phenoxy) is 2. The number of carbonyl (C=O) groups excluding carboxylic acids is 1. The molecule has 3 rings (SSSR count). The fourth-order valence-corrected chi connectivity index (χ4v) is 2.34. The SMILES string of the molecule is C[C@@]1(NC(=O)Nc2ccc(OCC3CC3)cc2)CCOC1. The number of amides is 2. The molecule has 5 heteroatoms. The predicted molar refractivity (Wildman–Crippen MR) is 80.7 cm³/mol. The van der Waals surface area contributed by atoms with Crippen molar-refractivity contribution >= 4 is 11.7 Å². The highest BCUT2D eigenvalue weighted by Gasteiger charge is 2.31. The van der Waals surface area contributed by atoms with E-state index in [1.165, 1.54) is 12.8 Å². The molecule has 2 N–H and O–H groups in total. The average Bonchev–Trinajstić information content (AvgIpc) is 3.19. The number of hydrogen-bond acceptors (Lipinski definition) is 3. The molecule has 1 aromatic carbocycles. The van der Waals surface area contributed by atoms with Gasteiger partial charge in [-0.3, -0.25) is 0 Å². The summed E-state index contributed by atoms with van der Waals surface area (Å²) in [4.78, 5) is 12.0. The van der Waals surface area contributed by atoms with Crippen LogP contribution in [-0.2, 0) is 4.74 Å². The number of anilines is 1. The van der Waals surface area contributed by atoms with Crippen LogP contribution in [0.1, 0.15) is 26.2 Å². The van der Waals surface area contributed by atoms with Gasteiger partial charge in [0.25, 0.3) is 0 Å². The molecule has 2 amide bonds. The lowest BCUT2D eigenvalue weighted by Gasteiger charge is -2.23. The van der Waals surface area contributed by atoms with E-state index in [2.05, 4.69) is 10.6 Å². The fourth-order valence-electron chi connectivity index (χ4n) is 2.34. The molecule has 2 fully saturated rings. The van der Waals surface area contributed by atoms with E-state index in [4.69, 9.17) is 9.47 Å². The van der Waals surface area contributed by atoms with Gasteiger partial charge in [0, 0.05) is 12.3 Å². The quantitative estimate of drug-likeness (QED) is 0.876. The summed E-state index contributed by atoms with van der Waals surface area (Å²) in [5.41, 5.74) is 0.492. The van der Waals surface area contributed by atoms with E-state index in [0.29, 0.717) is 13.2 Å². The smallest absolute Gasteiger partial charge is 0.319 e. The van der Waals surface area contributed by atoms with Gasteiger partial charge in [-0.15, -0.1) is 0 Å². The van der Waals surface area contributed by atoms with Gasteiger partial charge in [0.15, 0.2) is 0 Å². The van der Waals surface area contributed by atoms with Gasteiger partial charge in [-0.25, -0.2) is 4.79 Å². The van der Waals surface area contributed by atoms with Crippen molar-refractivity contribution in [2.24, 2.45) is 5.92 Å². The largest absolute Gasteiger partial charge is 0.493 e. The van der Waals surface area contributed by atoms with E-state index in [1.807, 2.05) is 31.2 Å². The van der Waals surface area contributed by atoms with Crippen LogP contribution in [0.25, 0.3) is 0 Å². The van der Waals surface area contributed by atoms with E-state index in [0.717, 1.165) is 30.4 Å². The molecule has 1 saturated carbocycles. The number of rotatable bonds is 5. The molecule has 1 heterocycles. The summed E-state index contributed by atoms with van der Waals surface area (Å²) in [6, 6.07) is 7.29. The van der Waals surface area contributed by atoms with E-state index < -0.39 is 0 Å². The van der Waals surface area contributed by atoms with Crippen LogP contribution < -0.4 is 15.4 Å². The molecular weight excluding hydrogens is 268 g/mol. The van der Waals surface area contributed by atoms with Crippen LogP contribution in [0.2, 0.25) is 0 Å². The summed E-state index contributed by atoms with van der Waals surface area (Å²) < 4.78 is 11.0. The van der Waals surface area contributed by atoms with Gasteiger partial charge in [0.2, 0.25) is 0 Å². The third-order valence-corrected chi connectivity index (χ3v) is 3.93. The molecule has 2 aliphatic rings. The summed E-state index contributed by atoms with van der Waals surface area (Å²) in [5, 5.41) is 5.80. The van der Waals surface area contributed by atoms with Gasteiger partial charge in [0.05, 0.1) is 18.8 Å². The zero-order valence-electron chi connectivity index (χ0n) is 12.4. The Hall–Kier alpha value is -1.75. The maximum absolute atomic E-state index is 12.0. The second-order valence-corrected chi connectivity index (χ2v) is 6.22. The zero-order chi connectivity index (χ0) is 14.7. The van der Waals surface area contributed by atoms with E-state index in [9.17, 15) is 4.79 Å². The minimum absolute atomic E-state index is 0.199. The number of hydrogen-bond donors (Lipinski definition) is 2. The predicted octanol–water partition coefficient (Wildman–Crippen LogP) is 2.78. The highest BCUT2D eigenvalue weighted by molar-refractivity contribution is 5.89. The molecule has 1 aliphatic heterocycles. The zero-order valence-corrected chi connectivity index (χ0v) is 12.4. The lowest BCUT2D eigenvalue weighted by atomic mass is 10.0. The number of benzene rings is 1. The minimum Gasteiger partial charge on any atom is -0.493 e. The van der Waals surface area contributed by atoms with Crippen molar-refractivity contribution in [3.63, 3.8) is 0 Å². The Morgan fingerprint density at radius 2 is 2.14 bits per heavy atom. The Kier molecular flexibility index (Phi) is 4.01. The molecule has 21 heavy (non-hydrogen) atoms. The molecule has 1 aliphatic carbocycles. The van der Waals surface area contributed by atoms with Gasteiger partial charge in [0.1, 0.15) is 5.75 Å². The van der Waals surface area contributed by atoms with Crippen LogP contribution in [0.5, 0.6) is 5.75 Å². The summed E-state index contributed by atoms with van der Waals surface area (Å²) in [7, 11) is 0. The monoisotopic (exact) mass is 290 g/mol. The molecule has 0 unspecified atom stereocenters. The van der Waals surface area contributed by atoms with Gasteiger partial charge in [-0.2, -0.15) is 0 Å². The number of carbonyl (C=O) groups is 1. The summed E-state index contributed by atoms with van der Waals surface area (Å²) in [6.07, 6.45) is 3.40. The Labute approximate surface area is 125 Å². The van der Waals surface area contributed by atoms with Crippen molar-refractivity contribution in [2.75, 3.05) is 25.1 Å². The molecule has 0 spiro atoms. The Morgan fingerprint density at radius 1 is 1.38 bits per heavy atom. The molecule has 1 saturated heterocycles. The lowest BCUT2D eigenvalue weighted by Crippen LogP contribution is -2.48. The van der Waals surface area contributed by atoms with E-state index in [1.54, 1.807) is 0 Å². The molecule has 0 bridgehead atoms. The van der Waals surface area contributed by atoms with Crippen LogP contribution >= 0.6 is 0 Å². The third-order valence-electron chi connectivity index (χ3n) is 3.93. The van der Waals surface area contributed by atoms with Crippen molar-refractivity contribution in [1.82, 2.24) is 5.32 Å². The maximum Gasteiger partial charge on any atom is 0.319 e. The molecule has 1 atom stereocenters. The first-order valence-electron chi connectivity index (χ1n) is 7.53. The first-order valence-corrected chi connectivity index (χ1v) is 7.53. The molecular formula is C16H22N2O3. The number of urea groups is 1. The topological polar surface area (TPSA) is 59.6 Å². The van der Waals surface area contributed by atoms with Crippen LogP contribution in [0.15, 0.2) is 24.3 Å². The summed E-state index contributed by atoms with van der Waals surface area (Å²) >= 11 is 0. The van der Waals surface area contributed by atoms with Crippen molar-refractivity contribution in [2.45, 2.75) is 31.7 Å². The van der Waals surface area contributed by atoms with Gasteiger partial charge < -0.3 is 20.1 Å². The fraction of sp³-hybridized carbons (Fsp3) is 0.562. The van der Waals surface area contributed by atoms with E-state index >= 15 is 0 Å². The highest BCUT2D eigenvalue weighted by Crippen LogP contribution is 2.29. The second kappa shape index (κ2) is 5.93. The summed E-state index contributed by atoms with van der Waals surface area (Å²) in [5.74, 6) is 1.59. The van der Waals surface area contributed by atoms with Gasteiger partial charge >= 0.3 is 6.03 Å². The van der Waals surface area contributed by atoms with Gasteiger partial charge in [-0.05, 0) is 56.4 Å². The molecule has 0 radical (unpaired) electrons. The number of nitrogens with one attached hydrogen (secondary N) is 2. The van der Waals surface area contributed by atoms with Crippen LogP contribution in [0, 0.1) is 5.92 Å². The standard InChI is InChI=1S/C16H22N2O3/c1-16(8-9-20-11-16)18-15(19)17-13-4-6-14(7-5-13)21-10-12-2-3-12/h4-7,12H,2-3,8-11H2,1H3,(H2,17,18,19)/t16-/m1/s1. The van der Waals surface area contributed by atoms with Crippen LogP contribution in [0.4, 0.5) is 10.5 Å². The Morgan fingerprint density at radius 3 is 2.76 bits per heavy atom.